The van der Waals surface area contributed by atoms with E-state index in [0.29, 0.717) is 39.0 Å². The Morgan fingerprint density at radius 3 is 2.26 bits per heavy atom. The monoisotopic (exact) mass is 529 g/mol. The molecule has 0 aromatic rings. The molecule has 212 valence electrons. The SMILES string of the molecule is CCCN1CC=C[C@]2(C)O[C@]34C=CCN(C(C)(C)CC(C)(C)C)C(=O)C3N(CCCCO)C(=O)[C@@H]4[C@@H]2C1=O. The molecule has 0 aliphatic carbocycles. The number of hydrogen-bond donors (Lipinski definition) is 1. The highest BCUT2D eigenvalue weighted by Crippen LogP contribution is 2.57. The third-order valence-electron chi connectivity index (χ3n) is 8.63. The molecule has 4 aliphatic heterocycles. The number of rotatable bonds is 8. The Morgan fingerprint density at radius 2 is 1.63 bits per heavy atom. The lowest BCUT2D eigenvalue weighted by atomic mass is 9.74. The number of amides is 3. The van der Waals surface area contributed by atoms with Crippen molar-refractivity contribution < 1.29 is 24.2 Å². The van der Waals surface area contributed by atoms with E-state index in [2.05, 4.69) is 34.6 Å². The van der Waals surface area contributed by atoms with E-state index in [1.807, 2.05) is 48.0 Å². The summed E-state index contributed by atoms with van der Waals surface area (Å²) in [6.45, 7) is 16.5. The molecular weight excluding hydrogens is 482 g/mol. The Hall–Kier alpha value is -2.19. The van der Waals surface area contributed by atoms with Gasteiger partial charge >= 0.3 is 0 Å². The summed E-state index contributed by atoms with van der Waals surface area (Å²) in [6, 6.07) is -0.860. The van der Waals surface area contributed by atoms with Gasteiger partial charge in [-0.25, -0.2) is 0 Å². The van der Waals surface area contributed by atoms with Gasteiger partial charge in [0.2, 0.25) is 17.7 Å². The van der Waals surface area contributed by atoms with E-state index in [1.54, 1.807) is 4.90 Å². The maximum atomic E-state index is 14.6. The molecule has 4 rings (SSSR count). The average molecular weight is 530 g/mol. The van der Waals surface area contributed by atoms with Crippen molar-refractivity contribution in [3.05, 3.63) is 24.3 Å². The van der Waals surface area contributed by atoms with Crippen LogP contribution in [-0.2, 0) is 19.1 Å². The zero-order chi connectivity index (χ0) is 28.1. The fourth-order valence-corrected chi connectivity index (χ4v) is 7.61. The van der Waals surface area contributed by atoms with Crippen LogP contribution >= 0.6 is 0 Å². The summed E-state index contributed by atoms with van der Waals surface area (Å²) in [4.78, 5) is 48.2. The van der Waals surface area contributed by atoms with Gasteiger partial charge in [0.1, 0.15) is 11.6 Å². The maximum Gasteiger partial charge on any atom is 0.249 e. The Balaban J connectivity index is 1.82. The number of nitrogens with zero attached hydrogens (tertiary/aromatic N) is 3. The number of carbonyl (C=O) groups is 3. The first-order valence-corrected chi connectivity index (χ1v) is 14.3. The molecule has 8 heteroatoms. The van der Waals surface area contributed by atoms with Gasteiger partial charge in [0.15, 0.2) is 0 Å². The lowest BCUT2D eigenvalue weighted by Gasteiger charge is -2.44. The minimum absolute atomic E-state index is 0.00317. The van der Waals surface area contributed by atoms with Crippen molar-refractivity contribution in [3.63, 3.8) is 0 Å². The molecule has 0 aromatic carbocycles. The van der Waals surface area contributed by atoms with Crippen molar-refractivity contribution in [2.75, 3.05) is 32.8 Å². The van der Waals surface area contributed by atoms with Gasteiger partial charge in [-0.2, -0.15) is 0 Å². The number of carbonyl (C=O) groups excluding carboxylic acids is 3. The molecule has 2 saturated heterocycles. The minimum atomic E-state index is -1.23. The lowest BCUT2D eigenvalue weighted by molar-refractivity contribution is -0.156. The first-order chi connectivity index (χ1) is 17.7. The summed E-state index contributed by atoms with van der Waals surface area (Å²) < 4.78 is 6.88. The molecule has 4 aliphatic rings. The number of hydrogen-bond acceptors (Lipinski definition) is 5. The maximum absolute atomic E-state index is 14.6. The molecule has 0 saturated carbocycles. The van der Waals surface area contributed by atoms with Crippen LogP contribution in [0.1, 0.15) is 74.1 Å². The van der Waals surface area contributed by atoms with Crippen LogP contribution in [0.5, 0.6) is 0 Å². The highest BCUT2D eigenvalue weighted by Gasteiger charge is 2.74. The van der Waals surface area contributed by atoms with Gasteiger partial charge in [0, 0.05) is 38.3 Å². The van der Waals surface area contributed by atoms with Gasteiger partial charge in [0.05, 0.1) is 17.4 Å². The second kappa shape index (κ2) is 10.1. The van der Waals surface area contributed by atoms with Crippen LogP contribution in [0.4, 0.5) is 0 Å². The molecular formula is C30H47N3O5. The summed E-state index contributed by atoms with van der Waals surface area (Å²) in [5.74, 6) is -1.91. The summed E-state index contributed by atoms with van der Waals surface area (Å²) in [7, 11) is 0. The summed E-state index contributed by atoms with van der Waals surface area (Å²) in [6.07, 6.45) is 10.5. The molecule has 8 nitrogen and oxygen atoms in total. The Kier molecular flexibility index (Phi) is 7.65. The first-order valence-electron chi connectivity index (χ1n) is 14.3. The zero-order valence-corrected chi connectivity index (χ0v) is 24.3. The van der Waals surface area contributed by atoms with Crippen LogP contribution in [-0.4, -0.2) is 93.1 Å². The molecule has 2 fully saturated rings. The van der Waals surface area contributed by atoms with E-state index in [1.165, 1.54) is 0 Å². The molecule has 3 amide bonds. The highest BCUT2D eigenvalue weighted by atomic mass is 16.5. The van der Waals surface area contributed by atoms with E-state index in [-0.39, 0.29) is 29.7 Å². The number of ether oxygens (including phenoxy) is 1. The van der Waals surface area contributed by atoms with Gasteiger partial charge in [0.25, 0.3) is 0 Å². The molecule has 0 bridgehead atoms. The fourth-order valence-electron chi connectivity index (χ4n) is 7.61. The van der Waals surface area contributed by atoms with Crippen molar-refractivity contribution in [1.29, 1.82) is 0 Å². The van der Waals surface area contributed by atoms with Crippen LogP contribution in [0.25, 0.3) is 0 Å². The molecule has 1 spiro atoms. The Bertz CT molecular complexity index is 1010. The molecule has 5 atom stereocenters. The largest absolute Gasteiger partial charge is 0.396 e. The van der Waals surface area contributed by atoms with Gasteiger partial charge < -0.3 is 24.5 Å². The van der Waals surface area contributed by atoms with Crippen molar-refractivity contribution >= 4 is 17.7 Å². The molecule has 0 aromatic heterocycles. The molecule has 1 unspecified atom stereocenters. The molecule has 0 radical (unpaired) electrons. The standard InChI is InChI=1S/C30H47N3O5/c1-8-15-31-16-11-13-29(7)21(24(31)35)22-25(36)32(17-9-10-19-34)23-26(37)33(18-12-14-30(22,23)38-29)28(5,6)20-27(2,3)4/h11-14,21-23,34H,8-10,15-20H2,1-7H3/t21-,22+,23?,29+,30+/m1/s1. The van der Waals surface area contributed by atoms with Crippen LogP contribution in [0.3, 0.4) is 0 Å². The van der Waals surface area contributed by atoms with Gasteiger partial charge in [-0.05, 0) is 51.9 Å². The number of likely N-dealkylation sites (tertiary alicyclic amines) is 1. The van der Waals surface area contributed by atoms with E-state index in [4.69, 9.17) is 4.74 Å². The predicted molar refractivity (Wildman–Crippen MR) is 146 cm³/mol. The van der Waals surface area contributed by atoms with Crippen molar-refractivity contribution in [2.24, 2.45) is 17.3 Å². The zero-order valence-electron chi connectivity index (χ0n) is 24.3. The normalized spacial score (nSPS) is 33.4. The van der Waals surface area contributed by atoms with E-state index < -0.39 is 34.6 Å². The van der Waals surface area contributed by atoms with Crippen molar-refractivity contribution in [2.45, 2.75) is 96.9 Å². The molecule has 1 N–H and O–H groups in total. The smallest absolute Gasteiger partial charge is 0.249 e. The van der Waals surface area contributed by atoms with Gasteiger partial charge in [-0.3, -0.25) is 14.4 Å². The molecule has 38 heavy (non-hydrogen) atoms. The molecule has 4 heterocycles. The lowest BCUT2D eigenvalue weighted by Crippen LogP contribution is -2.60. The predicted octanol–water partition coefficient (Wildman–Crippen LogP) is 3.15. The Morgan fingerprint density at radius 1 is 0.947 bits per heavy atom. The minimum Gasteiger partial charge on any atom is -0.396 e. The summed E-state index contributed by atoms with van der Waals surface area (Å²) in [5, 5.41) is 9.41. The number of unbranched alkanes of at least 4 members (excludes halogenated alkanes) is 1. The van der Waals surface area contributed by atoms with Crippen molar-refractivity contribution in [1.82, 2.24) is 14.7 Å². The van der Waals surface area contributed by atoms with Crippen LogP contribution in [0, 0.1) is 17.3 Å². The first kappa shape index (κ1) is 28.8. The van der Waals surface area contributed by atoms with E-state index >= 15 is 0 Å². The number of aliphatic hydroxyl groups is 1. The summed E-state index contributed by atoms with van der Waals surface area (Å²) in [5.41, 5.74) is -2.68. The quantitative estimate of drug-likeness (QED) is 0.385. The number of aliphatic hydroxyl groups excluding tert-OH is 1. The average Bonchev–Trinajstić information content (AvgIpc) is 3.05. The summed E-state index contributed by atoms with van der Waals surface area (Å²) >= 11 is 0. The topological polar surface area (TPSA) is 90.4 Å². The van der Waals surface area contributed by atoms with Crippen molar-refractivity contribution in [3.8, 4) is 0 Å². The second-order valence-electron chi connectivity index (χ2n) is 13.5. The number of fused-ring (bicyclic) bond motifs is 2. The third kappa shape index (κ3) is 4.72. The van der Waals surface area contributed by atoms with Gasteiger partial charge in [-0.1, -0.05) is 52.0 Å². The third-order valence-corrected chi connectivity index (χ3v) is 8.63. The fraction of sp³-hybridized carbons (Fsp3) is 0.767. The van der Waals surface area contributed by atoms with Gasteiger partial charge in [-0.15, -0.1) is 0 Å². The Labute approximate surface area is 228 Å². The van der Waals surface area contributed by atoms with E-state index in [9.17, 15) is 19.5 Å². The van der Waals surface area contributed by atoms with Crippen LogP contribution < -0.4 is 0 Å². The van der Waals surface area contributed by atoms with E-state index in [0.717, 1.165) is 12.8 Å². The van der Waals surface area contributed by atoms with Crippen LogP contribution in [0.15, 0.2) is 24.3 Å². The van der Waals surface area contributed by atoms with Crippen LogP contribution in [0.2, 0.25) is 0 Å². The highest BCUT2D eigenvalue weighted by molar-refractivity contribution is 6.00. The second-order valence-corrected chi connectivity index (χ2v) is 13.5.